The molecule has 0 bridgehead atoms. The number of nitrogens with zero attached hydrogens (tertiary/aromatic N) is 4. The van der Waals surface area contributed by atoms with Crippen molar-refractivity contribution in [2.24, 2.45) is 0 Å². The molecule has 188 valence electrons. The Balaban J connectivity index is 1.05. The summed E-state index contributed by atoms with van der Waals surface area (Å²) in [6.07, 6.45) is 7.87. The molecule has 4 aliphatic rings. The Hall–Kier alpha value is -3.17. The van der Waals surface area contributed by atoms with Crippen molar-refractivity contribution in [2.75, 3.05) is 26.2 Å². The van der Waals surface area contributed by atoms with Crippen LogP contribution in [0.15, 0.2) is 30.6 Å². The lowest BCUT2D eigenvalue weighted by Gasteiger charge is -2.32. The fraction of sp³-hybridized carbons (Fsp3) is 0.519. The zero-order valence-electron chi connectivity index (χ0n) is 20.4. The van der Waals surface area contributed by atoms with Gasteiger partial charge in [0.25, 0.3) is 5.91 Å². The maximum absolute atomic E-state index is 13.0. The Bertz CT molecular complexity index is 1170. The summed E-state index contributed by atoms with van der Waals surface area (Å²) < 4.78 is 0. The average molecular weight is 489 g/mol. The number of benzene rings is 1. The lowest BCUT2D eigenvalue weighted by atomic mass is 9.88. The van der Waals surface area contributed by atoms with Crippen LogP contribution in [0.5, 0.6) is 0 Å². The molecular formula is C27H32N6O3. The lowest BCUT2D eigenvalue weighted by molar-refractivity contribution is -0.136. The van der Waals surface area contributed by atoms with Gasteiger partial charge >= 0.3 is 0 Å². The third-order valence-electron chi connectivity index (χ3n) is 8.16. The fourth-order valence-electron chi connectivity index (χ4n) is 6.06. The minimum absolute atomic E-state index is 0.113. The van der Waals surface area contributed by atoms with Crippen LogP contribution in [0.4, 0.5) is 0 Å². The van der Waals surface area contributed by atoms with E-state index in [1.807, 2.05) is 18.5 Å². The van der Waals surface area contributed by atoms with E-state index in [4.69, 9.17) is 0 Å². The monoisotopic (exact) mass is 488 g/mol. The summed E-state index contributed by atoms with van der Waals surface area (Å²) in [6, 6.07) is 5.59. The number of fused-ring (bicyclic) bond motifs is 1. The summed E-state index contributed by atoms with van der Waals surface area (Å²) in [6.45, 7) is 5.34. The molecule has 9 heteroatoms. The number of carbonyl (C=O) groups is 3. The van der Waals surface area contributed by atoms with Crippen molar-refractivity contribution >= 4 is 17.7 Å². The van der Waals surface area contributed by atoms with E-state index in [9.17, 15) is 14.4 Å². The van der Waals surface area contributed by atoms with Crippen LogP contribution >= 0.6 is 0 Å². The highest BCUT2D eigenvalue weighted by molar-refractivity contribution is 6.05. The van der Waals surface area contributed by atoms with Gasteiger partial charge < -0.3 is 10.2 Å². The van der Waals surface area contributed by atoms with E-state index in [1.165, 1.54) is 5.56 Å². The highest BCUT2D eigenvalue weighted by atomic mass is 16.2. The van der Waals surface area contributed by atoms with Crippen LogP contribution in [-0.2, 0) is 22.7 Å². The Morgan fingerprint density at radius 1 is 0.972 bits per heavy atom. The van der Waals surface area contributed by atoms with Crippen LogP contribution in [0, 0.1) is 0 Å². The molecule has 2 atom stereocenters. The summed E-state index contributed by atoms with van der Waals surface area (Å²) >= 11 is 0. The molecule has 2 N–H and O–H groups in total. The largest absolute Gasteiger partial charge is 0.322 e. The van der Waals surface area contributed by atoms with Crippen LogP contribution in [0.25, 0.3) is 0 Å². The quantitative estimate of drug-likeness (QED) is 0.617. The van der Waals surface area contributed by atoms with E-state index < -0.39 is 6.04 Å². The molecule has 5 heterocycles. The van der Waals surface area contributed by atoms with Gasteiger partial charge in [-0.1, -0.05) is 12.1 Å². The lowest BCUT2D eigenvalue weighted by Crippen LogP contribution is -2.52. The molecular weight excluding hydrogens is 456 g/mol. The third kappa shape index (κ3) is 4.53. The van der Waals surface area contributed by atoms with Gasteiger partial charge in [-0.2, -0.15) is 0 Å². The third-order valence-corrected chi connectivity index (χ3v) is 8.16. The molecule has 2 aromatic rings. The summed E-state index contributed by atoms with van der Waals surface area (Å²) in [5, 5.41) is 5.74. The van der Waals surface area contributed by atoms with Gasteiger partial charge in [0.15, 0.2) is 0 Å². The van der Waals surface area contributed by atoms with Crippen molar-refractivity contribution in [1.82, 2.24) is 30.4 Å². The van der Waals surface area contributed by atoms with E-state index >= 15 is 0 Å². The number of carbonyl (C=O) groups excluding carboxylic acids is 3. The summed E-state index contributed by atoms with van der Waals surface area (Å²) in [5.41, 5.74) is 4.09. The van der Waals surface area contributed by atoms with Crippen molar-refractivity contribution in [3.05, 3.63) is 58.7 Å². The second kappa shape index (κ2) is 9.71. The Morgan fingerprint density at radius 3 is 2.50 bits per heavy atom. The maximum atomic E-state index is 13.0. The smallest absolute Gasteiger partial charge is 0.255 e. The van der Waals surface area contributed by atoms with Crippen molar-refractivity contribution in [3.63, 3.8) is 0 Å². The summed E-state index contributed by atoms with van der Waals surface area (Å²) in [4.78, 5) is 50.1. The van der Waals surface area contributed by atoms with Crippen LogP contribution in [0.3, 0.4) is 0 Å². The number of imide groups is 1. The molecule has 36 heavy (non-hydrogen) atoms. The molecule has 3 fully saturated rings. The predicted molar refractivity (Wildman–Crippen MR) is 132 cm³/mol. The zero-order valence-corrected chi connectivity index (χ0v) is 20.4. The topological polar surface area (TPSA) is 108 Å². The molecule has 0 aliphatic carbocycles. The zero-order chi connectivity index (χ0) is 24.6. The normalized spacial score (nSPS) is 25.3. The second-order valence-corrected chi connectivity index (χ2v) is 10.5. The second-order valence-electron chi connectivity index (χ2n) is 10.5. The first kappa shape index (κ1) is 23.2. The van der Waals surface area contributed by atoms with Crippen molar-refractivity contribution in [2.45, 2.75) is 63.1 Å². The van der Waals surface area contributed by atoms with Gasteiger partial charge in [0.1, 0.15) is 11.9 Å². The number of amides is 3. The average Bonchev–Trinajstić information content (AvgIpc) is 3.54. The summed E-state index contributed by atoms with van der Waals surface area (Å²) in [5.74, 6) is 1.11. The number of hydrogen-bond acceptors (Lipinski definition) is 7. The van der Waals surface area contributed by atoms with Crippen LogP contribution in [0.2, 0.25) is 0 Å². The molecule has 3 saturated heterocycles. The van der Waals surface area contributed by atoms with Gasteiger partial charge in [-0.25, -0.2) is 9.97 Å². The molecule has 6 rings (SSSR count). The first-order valence-electron chi connectivity index (χ1n) is 13.1. The molecule has 0 spiro atoms. The number of piperidine rings is 2. The van der Waals surface area contributed by atoms with Gasteiger partial charge in [0.2, 0.25) is 11.8 Å². The Labute approximate surface area is 210 Å². The minimum Gasteiger partial charge on any atom is -0.322 e. The first-order valence-corrected chi connectivity index (χ1v) is 13.1. The van der Waals surface area contributed by atoms with Gasteiger partial charge in [0.05, 0.1) is 0 Å². The molecule has 0 saturated carbocycles. The minimum atomic E-state index is -0.567. The highest BCUT2D eigenvalue weighted by Crippen LogP contribution is 2.34. The number of hydrogen-bond donors (Lipinski definition) is 2. The fourth-order valence-corrected chi connectivity index (χ4v) is 6.06. The van der Waals surface area contributed by atoms with Gasteiger partial charge in [-0.3, -0.25) is 24.6 Å². The van der Waals surface area contributed by atoms with Crippen molar-refractivity contribution in [1.29, 1.82) is 0 Å². The van der Waals surface area contributed by atoms with E-state index in [0.29, 0.717) is 30.4 Å². The molecule has 1 aromatic carbocycles. The van der Waals surface area contributed by atoms with Crippen LogP contribution in [-0.4, -0.2) is 69.7 Å². The number of aromatic nitrogens is 2. The van der Waals surface area contributed by atoms with Crippen LogP contribution < -0.4 is 10.6 Å². The number of likely N-dealkylation sites (tertiary alicyclic amines) is 1. The van der Waals surface area contributed by atoms with E-state index in [2.05, 4.69) is 37.6 Å². The molecule has 4 aliphatic heterocycles. The van der Waals surface area contributed by atoms with Gasteiger partial charge in [0, 0.05) is 55.5 Å². The van der Waals surface area contributed by atoms with Crippen LogP contribution in [0.1, 0.15) is 76.8 Å². The molecule has 1 aromatic heterocycles. The first-order chi connectivity index (χ1) is 17.5. The summed E-state index contributed by atoms with van der Waals surface area (Å²) in [7, 11) is 0. The Kier molecular flexibility index (Phi) is 6.27. The molecule has 3 amide bonds. The van der Waals surface area contributed by atoms with E-state index in [0.717, 1.165) is 68.9 Å². The van der Waals surface area contributed by atoms with E-state index in [1.54, 1.807) is 4.90 Å². The predicted octanol–water partition coefficient (Wildman–Crippen LogP) is 1.69. The highest BCUT2D eigenvalue weighted by Gasteiger charge is 2.39. The van der Waals surface area contributed by atoms with Crippen molar-refractivity contribution < 1.29 is 14.4 Å². The number of rotatable bonds is 5. The van der Waals surface area contributed by atoms with Gasteiger partial charge in [-0.05, 0) is 68.4 Å². The molecule has 9 nitrogen and oxygen atoms in total. The standard InChI is InChI=1S/C27H32N6O3/c34-24-4-3-23(26(35)31-24)33-16-21-11-19(1-2-22(21)27(33)36)18-6-9-32(10-7-18)15-17-12-29-25(30-13-17)20-5-8-28-14-20/h1-2,11-13,18,20,23,28H,3-10,14-16H2,(H,31,34,35). The number of nitrogens with one attached hydrogen (secondary N) is 2. The van der Waals surface area contributed by atoms with E-state index in [-0.39, 0.29) is 24.1 Å². The molecule has 2 unspecified atom stereocenters. The van der Waals surface area contributed by atoms with Gasteiger partial charge in [-0.15, -0.1) is 0 Å². The maximum Gasteiger partial charge on any atom is 0.255 e. The Morgan fingerprint density at radius 2 is 1.78 bits per heavy atom. The molecule has 0 radical (unpaired) electrons. The van der Waals surface area contributed by atoms with Crippen molar-refractivity contribution in [3.8, 4) is 0 Å². The SMILES string of the molecule is O=C1CCC(N2Cc3cc(C4CCN(Cc5cnc(C6CCNC6)nc5)CC4)ccc3C2=O)C(=O)N1.